The van der Waals surface area contributed by atoms with E-state index in [0.29, 0.717) is 5.75 Å². The summed E-state index contributed by atoms with van der Waals surface area (Å²) in [5, 5.41) is 12.7. The standard InChI is InChI=1S/C13H14N2O/c1-10-8-12(2-3-13(10)16)15-9-11-4-6-14-7-5-11/h2-8,15-16H,9H2,1H3. The summed E-state index contributed by atoms with van der Waals surface area (Å²) in [6.45, 7) is 2.64. The van der Waals surface area contributed by atoms with Crippen molar-refractivity contribution in [3.8, 4) is 5.75 Å². The fraction of sp³-hybridized carbons (Fsp3) is 0.154. The number of aromatic nitrogens is 1. The largest absolute Gasteiger partial charge is 0.508 e. The molecule has 0 spiro atoms. The van der Waals surface area contributed by atoms with E-state index in [1.54, 1.807) is 18.5 Å². The van der Waals surface area contributed by atoms with Crippen LogP contribution in [0.4, 0.5) is 5.69 Å². The molecule has 0 aliphatic carbocycles. The number of phenols is 1. The molecule has 2 aromatic rings. The van der Waals surface area contributed by atoms with Crippen molar-refractivity contribution in [1.29, 1.82) is 0 Å². The van der Waals surface area contributed by atoms with Crippen LogP contribution in [0.1, 0.15) is 11.1 Å². The van der Waals surface area contributed by atoms with Gasteiger partial charge in [0, 0.05) is 24.6 Å². The summed E-state index contributed by atoms with van der Waals surface area (Å²) < 4.78 is 0. The van der Waals surface area contributed by atoms with Crippen LogP contribution in [-0.2, 0) is 6.54 Å². The molecule has 0 atom stereocenters. The topological polar surface area (TPSA) is 45.2 Å². The number of aryl methyl sites for hydroxylation is 1. The van der Waals surface area contributed by atoms with Gasteiger partial charge in [0.05, 0.1) is 0 Å². The van der Waals surface area contributed by atoms with E-state index in [4.69, 9.17) is 0 Å². The highest BCUT2D eigenvalue weighted by atomic mass is 16.3. The zero-order chi connectivity index (χ0) is 11.4. The van der Waals surface area contributed by atoms with Crippen molar-refractivity contribution >= 4 is 5.69 Å². The molecule has 82 valence electrons. The summed E-state index contributed by atoms with van der Waals surface area (Å²) in [6, 6.07) is 9.44. The Morgan fingerprint density at radius 3 is 2.62 bits per heavy atom. The molecule has 0 bridgehead atoms. The minimum atomic E-state index is 0.328. The fourth-order valence-electron chi connectivity index (χ4n) is 1.47. The van der Waals surface area contributed by atoms with Crippen molar-refractivity contribution in [3.05, 3.63) is 53.9 Å². The maximum atomic E-state index is 9.39. The number of phenolic OH excluding ortho intramolecular Hbond substituents is 1. The van der Waals surface area contributed by atoms with Gasteiger partial charge in [0.2, 0.25) is 0 Å². The average molecular weight is 214 g/mol. The number of hydrogen-bond acceptors (Lipinski definition) is 3. The summed E-state index contributed by atoms with van der Waals surface area (Å²) >= 11 is 0. The van der Waals surface area contributed by atoms with Crippen molar-refractivity contribution in [2.75, 3.05) is 5.32 Å². The lowest BCUT2D eigenvalue weighted by Gasteiger charge is -2.07. The maximum absolute atomic E-state index is 9.39. The zero-order valence-corrected chi connectivity index (χ0v) is 9.14. The number of nitrogens with one attached hydrogen (secondary N) is 1. The molecule has 0 amide bonds. The Kier molecular flexibility index (Phi) is 3.05. The van der Waals surface area contributed by atoms with Gasteiger partial charge in [0.15, 0.2) is 0 Å². The van der Waals surface area contributed by atoms with E-state index in [-0.39, 0.29) is 0 Å². The lowest BCUT2D eigenvalue weighted by atomic mass is 10.2. The number of pyridine rings is 1. The van der Waals surface area contributed by atoms with Gasteiger partial charge >= 0.3 is 0 Å². The number of rotatable bonds is 3. The average Bonchev–Trinajstić information content (AvgIpc) is 2.32. The molecule has 2 rings (SSSR count). The Hall–Kier alpha value is -2.03. The van der Waals surface area contributed by atoms with Crippen LogP contribution >= 0.6 is 0 Å². The molecule has 0 unspecified atom stereocenters. The highest BCUT2D eigenvalue weighted by Crippen LogP contribution is 2.20. The van der Waals surface area contributed by atoms with Crippen molar-refractivity contribution in [2.24, 2.45) is 0 Å². The van der Waals surface area contributed by atoms with E-state index >= 15 is 0 Å². The molecule has 0 fully saturated rings. The molecule has 3 nitrogen and oxygen atoms in total. The van der Waals surface area contributed by atoms with Crippen LogP contribution in [0, 0.1) is 6.92 Å². The van der Waals surface area contributed by atoms with Crippen LogP contribution < -0.4 is 5.32 Å². The first-order chi connectivity index (χ1) is 7.75. The first-order valence-corrected chi connectivity index (χ1v) is 5.18. The van der Waals surface area contributed by atoms with E-state index < -0.39 is 0 Å². The lowest BCUT2D eigenvalue weighted by Crippen LogP contribution is -1.99. The van der Waals surface area contributed by atoms with Crippen LogP contribution in [0.3, 0.4) is 0 Å². The Labute approximate surface area is 94.8 Å². The van der Waals surface area contributed by atoms with Gasteiger partial charge < -0.3 is 10.4 Å². The van der Waals surface area contributed by atoms with E-state index in [0.717, 1.165) is 17.8 Å². The van der Waals surface area contributed by atoms with Crippen molar-refractivity contribution in [2.45, 2.75) is 13.5 Å². The lowest BCUT2D eigenvalue weighted by molar-refractivity contribution is 0.471. The summed E-state index contributed by atoms with van der Waals surface area (Å²) in [7, 11) is 0. The van der Waals surface area contributed by atoms with Gasteiger partial charge in [-0.05, 0) is 48.4 Å². The number of benzene rings is 1. The Balaban J connectivity index is 2.03. The predicted octanol–water partition coefficient (Wildman–Crippen LogP) is 2.71. The second kappa shape index (κ2) is 4.66. The predicted molar refractivity (Wildman–Crippen MR) is 64.4 cm³/mol. The highest BCUT2D eigenvalue weighted by Gasteiger charge is 1.97. The second-order valence-corrected chi connectivity index (χ2v) is 3.71. The van der Waals surface area contributed by atoms with E-state index in [2.05, 4.69) is 10.3 Å². The minimum Gasteiger partial charge on any atom is -0.508 e. The second-order valence-electron chi connectivity index (χ2n) is 3.71. The van der Waals surface area contributed by atoms with Crippen LogP contribution in [0.15, 0.2) is 42.7 Å². The number of aromatic hydroxyl groups is 1. The van der Waals surface area contributed by atoms with Gasteiger partial charge in [-0.3, -0.25) is 4.98 Å². The first-order valence-electron chi connectivity index (χ1n) is 5.18. The SMILES string of the molecule is Cc1cc(NCc2ccncc2)ccc1O. The van der Waals surface area contributed by atoms with Crippen LogP contribution in [0.2, 0.25) is 0 Å². The zero-order valence-electron chi connectivity index (χ0n) is 9.14. The number of nitrogens with zero attached hydrogens (tertiary/aromatic N) is 1. The summed E-state index contributed by atoms with van der Waals surface area (Å²) in [4.78, 5) is 3.97. The molecular formula is C13H14N2O. The molecule has 0 aliphatic rings. The third kappa shape index (κ3) is 2.51. The van der Waals surface area contributed by atoms with Gasteiger partial charge in [-0.15, -0.1) is 0 Å². The monoisotopic (exact) mass is 214 g/mol. The van der Waals surface area contributed by atoms with E-state index in [9.17, 15) is 5.11 Å². The molecule has 3 heteroatoms. The normalized spacial score (nSPS) is 10.1. The molecule has 0 aliphatic heterocycles. The molecule has 2 N–H and O–H groups in total. The molecular weight excluding hydrogens is 200 g/mol. The molecule has 16 heavy (non-hydrogen) atoms. The van der Waals surface area contributed by atoms with Gasteiger partial charge in [0.25, 0.3) is 0 Å². The Morgan fingerprint density at radius 2 is 1.94 bits per heavy atom. The minimum absolute atomic E-state index is 0.328. The molecule has 0 saturated heterocycles. The summed E-state index contributed by atoms with van der Waals surface area (Å²) in [6.07, 6.45) is 3.55. The van der Waals surface area contributed by atoms with Crippen molar-refractivity contribution < 1.29 is 5.11 Å². The third-order valence-corrected chi connectivity index (χ3v) is 2.44. The quantitative estimate of drug-likeness (QED) is 0.772. The Bertz CT molecular complexity index is 469. The van der Waals surface area contributed by atoms with E-state index in [1.165, 1.54) is 5.56 Å². The Morgan fingerprint density at radius 1 is 1.19 bits per heavy atom. The molecule has 0 saturated carbocycles. The molecule has 1 heterocycles. The van der Waals surface area contributed by atoms with Crippen LogP contribution in [0.25, 0.3) is 0 Å². The van der Waals surface area contributed by atoms with Gasteiger partial charge in [-0.1, -0.05) is 0 Å². The molecule has 1 aromatic heterocycles. The number of anilines is 1. The van der Waals surface area contributed by atoms with Crippen LogP contribution in [0.5, 0.6) is 5.75 Å². The smallest absolute Gasteiger partial charge is 0.118 e. The van der Waals surface area contributed by atoms with Gasteiger partial charge in [-0.2, -0.15) is 0 Å². The third-order valence-electron chi connectivity index (χ3n) is 2.44. The first kappa shape index (κ1) is 10.5. The van der Waals surface area contributed by atoms with Gasteiger partial charge in [-0.25, -0.2) is 0 Å². The highest BCUT2D eigenvalue weighted by molar-refractivity contribution is 5.50. The molecule has 1 aromatic carbocycles. The number of hydrogen-bond donors (Lipinski definition) is 2. The van der Waals surface area contributed by atoms with Crippen LogP contribution in [-0.4, -0.2) is 10.1 Å². The maximum Gasteiger partial charge on any atom is 0.118 e. The molecule has 0 radical (unpaired) electrons. The fourth-order valence-corrected chi connectivity index (χ4v) is 1.47. The van der Waals surface area contributed by atoms with Crippen molar-refractivity contribution in [1.82, 2.24) is 4.98 Å². The summed E-state index contributed by atoms with van der Waals surface area (Å²) in [5.74, 6) is 0.328. The van der Waals surface area contributed by atoms with Crippen molar-refractivity contribution in [3.63, 3.8) is 0 Å². The summed E-state index contributed by atoms with van der Waals surface area (Å²) in [5.41, 5.74) is 3.06. The van der Waals surface area contributed by atoms with Gasteiger partial charge in [0.1, 0.15) is 5.75 Å². The van der Waals surface area contributed by atoms with E-state index in [1.807, 2.05) is 31.2 Å².